The van der Waals surface area contributed by atoms with Crippen molar-refractivity contribution in [3.8, 4) is 5.88 Å². The van der Waals surface area contributed by atoms with E-state index in [1.165, 1.54) is 19.5 Å². The summed E-state index contributed by atoms with van der Waals surface area (Å²) in [7, 11) is 1.30. The van der Waals surface area contributed by atoms with Gasteiger partial charge in [-0.25, -0.2) is 4.98 Å². The highest BCUT2D eigenvalue weighted by molar-refractivity contribution is 5.66. The van der Waals surface area contributed by atoms with Gasteiger partial charge in [0.25, 0.3) is 5.88 Å². The maximum atomic E-state index is 11.2. The van der Waals surface area contributed by atoms with E-state index in [1.807, 2.05) is 0 Å². The van der Waals surface area contributed by atoms with Gasteiger partial charge in [0.1, 0.15) is 6.54 Å². The monoisotopic (exact) mass is 184 g/mol. The third kappa shape index (κ3) is 2.05. The van der Waals surface area contributed by atoms with Gasteiger partial charge >= 0.3 is 11.5 Å². The Hall–Kier alpha value is -1.85. The molecule has 1 aromatic rings. The molecule has 0 saturated heterocycles. The molecule has 0 spiro atoms. The Labute approximate surface area is 73.4 Å². The third-order valence-electron chi connectivity index (χ3n) is 1.38. The molecule has 0 aromatic carbocycles. The summed E-state index contributed by atoms with van der Waals surface area (Å²) in [5.74, 6) is -1.20. The van der Waals surface area contributed by atoms with Crippen LogP contribution < -0.4 is 10.3 Å². The SMILES string of the molecule is COc1nccn(CC(=O)O)c1=O. The highest BCUT2D eigenvalue weighted by atomic mass is 16.5. The number of nitrogens with zero attached hydrogens (tertiary/aromatic N) is 2. The average molecular weight is 184 g/mol. The van der Waals surface area contributed by atoms with Crippen LogP contribution in [0.3, 0.4) is 0 Å². The molecule has 0 aliphatic heterocycles. The van der Waals surface area contributed by atoms with Crippen LogP contribution in [0.4, 0.5) is 0 Å². The van der Waals surface area contributed by atoms with Crippen LogP contribution in [0, 0.1) is 0 Å². The van der Waals surface area contributed by atoms with Crippen molar-refractivity contribution in [3.63, 3.8) is 0 Å². The van der Waals surface area contributed by atoms with Gasteiger partial charge in [-0.3, -0.25) is 14.2 Å². The Balaban J connectivity index is 3.09. The number of ether oxygens (including phenoxy) is 1. The average Bonchev–Trinajstić information content (AvgIpc) is 2.08. The summed E-state index contributed by atoms with van der Waals surface area (Å²) in [6, 6.07) is 0. The van der Waals surface area contributed by atoms with Crippen molar-refractivity contribution < 1.29 is 14.6 Å². The molecule has 0 atom stereocenters. The predicted molar refractivity (Wildman–Crippen MR) is 42.7 cm³/mol. The molecule has 13 heavy (non-hydrogen) atoms. The lowest BCUT2D eigenvalue weighted by Crippen LogP contribution is -2.25. The molecule has 6 nitrogen and oxygen atoms in total. The minimum absolute atomic E-state index is 0.108. The zero-order valence-corrected chi connectivity index (χ0v) is 6.93. The summed E-state index contributed by atoms with van der Waals surface area (Å²) in [6.45, 7) is -0.391. The van der Waals surface area contributed by atoms with E-state index in [9.17, 15) is 9.59 Å². The quantitative estimate of drug-likeness (QED) is 0.674. The minimum Gasteiger partial charge on any atom is -0.480 e. The summed E-state index contributed by atoms with van der Waals surface area (Å²) in [4.78, 5) is 25.2. The molecule has 1 rings (SSSR count). The van der Waals surface area contributed by atoms with Crippen molar-refractivity contribution in [2.24, 2.45) is 0 Å². The highest BCUT2D eigenvalue weighted by Crippen LogP contribution is 1.93. The van der Waals surface area contributed by atoms with Gasteiger partial charge in [-0.15, -0.1) is 0 Å². The van der Waals surface area contributed by atoms with Crippen LogP contribution in [-0.2, 0) is 11.3 Å². The fourth-order valence-electron chi connectivity index (χ4n) is 0.838. The summed E-state index contributed by atoms with van der Waals surface area (Å²) in [6.07, 6.45) is 2.60. The first-order chi connectivity index (χ1) is 6.15. The van der Waals surface area contributed by atoms with Crippen molar-refractivity contribution in [3.05, 3.63) is 22.7 Å². The Morgan fingerprint density at radius 1 is 1.77 bits per heavy atom. The summed E-state index contributed by atoms with van der Waals surface area (Å²) >= 11 is 0. The Morgan fingerprint density at radius 3 is 3.00 bits per heavy atom. The molecule has 0 aliphatic rings. The molecule has 0 saturated carbocycles. The molecular weight excluding hydrogens is 176 g/mol. The van der Waals surface area contributed by atoms with E-state index in [0.717, 1.165) is 4.57 Å². The summed E-state index contributed by atoms with van der Waals surface area (Å²) in [5, 5.41) is 8.43. The molecule has 0 aliphatic carbocycles. The zero-order chi connectivity index (χ0) is 9.84. The maximum absolute atomic E-state index is 11.2. The molecule has 0 amide bonds. The smallest absolute Gasteiger partial charge is 0.323 e. The number of methoxy groups -OCH3 is 1. The normalized spacial score (nSPS) is 9.62. The van der Waals surface area contributed by atoms with Crippen LogP contribution in [0.2, 0.25) is 0 Å². The maximum Gasteiger partial charge on any atom is 0.323 e. The molecule has 0 radical (unpaired) electrons. The van der Waals surface area contributed by atoms with Crippen molar-refractivity contribution >= 4 is 5.97 Å². The van der Waals surface area contributed by atoms with Gasteiger partial charge in [0.05, 0.1) is 7.11 Å². The zero-order valence-electron chi connectivity index (χ0n) is 6.93. The van der Waals surface area contributed by atoms with Crippen LogP contribution in [-0.4, -0.2) is 27.7 Å². The summed E-state index contributed by atoms with van der Waals surface area (Å²) < 4.78 is 5.64. The van der Waals surface area contributed by atoms with E-state index in [2.05, 4.69) is 9.72 Å². The largest absolute Gasteiger partial charge is 0.480 e. The van der Waals surface area contributed by atoms with Crippen LogP contribution in [0.5, 0.6) is 5.88 Å². The first-order valence-corrected chi connectivity index (χ1v) is 3.46. The van der Waals surface area contributed by atoms with Gasteiger partial charge in [-0.1, -0.05) is 0 Å². The van der Waals surface area contributed by atoms with E-state index >= 15 is 0 Å². The number of carbonyl (C=O) groups is 1. The second-order valence-corrected chi connectivity index (χ2v) is 2.26. The molecule has 1 N–H and O–H groups in total. The molecule has 0 unspecified atom stereocenters. The summed E-state index contributed by atoms with van der Waals surface area (Å²) in [5.41, 5.74) is -0.549. The van der Waals surface area contributed by atoms with E-state index in [-0.39, 0.29) is 5.88 Å². The van der Waals surface area contributed by atoms with Crippen LogP contribution in [0.1, 0.15) is 0 Å². The second kappa shape index (κ2) is 3.70. The number of aromatic nitrogens is 2. The minimum atomic E-state index is -1.09. The molecule has 6 heteroatoms. The van der Waals surface area contributed by atoms with Crippen LogP contribution in [0.25, 0.3) is 0 Å². The number of hydrogen-bond donors (Lipinski definition) is 1. The number of hydrogen-bond acceptors (Lipinski definition) is 4. The van der Waals surface area contributed by atoms with E-state index in [1.54, 1.807) is 0 Å². The Kier molecular flexibility index (Phi) is 2.63. The lowest BCUT2D eigenvalue weighted by atomic mass is 10.5. The number of carboxylic acids is 1. The van der Waals surface area contributed by atoms with Crippen molar-refractivity contribution in [2.45, 2.75) is 6.54 Å². The molecule has 1 aromatic heterocycles. The van der Waals surface area contributed by atoms with E-state index < -0.39 is 18.1 Å². The standard InChI is InChI=1S/C7H8N2O4/c1-13-6-7(12)9(3-2-8-6)4-5(10)11/h2-3H,4H2,1H3,(H,10,11). The number of aliphatic carboxylic acids is 1. The molecule has 1 heterocycles. The molecule has 70 valence electrons. The lowest BCUT2D eigenvalue weighted by molar-refractivity contribution is -0.137. The van der Waals surface area contributed by atoms with Gasteiger partial charge < -0.3 is 9.84 Å². The van der Waals surface area contributed by atoms with E-state index in [4.69, 9.17) is 5.11 Å². The number of rotatable bonds is 3. The first kappa shape index (κ1) is 9.24. The van der Waals surface area contributed by atoms with Crippen molar-refractivity contribution in [1.82, 2.24) is 9.55 Å². The third-order valence-corrected chi connectivity index (χ3v) is 1.38. The van der Waals surface area contributed by atoms with Crippen LogP contribution in [0.15, 0.2) is 17.2 Å². The first-order valence-electron chi connectivity index (χ1n) is 3.46. The Bertz CT molecular complexity index is 371. The van der Waals surface area contributed by atoms with Gasteiger partial charge in [-0.2, -0.15) is 0 Å². The van der Waals surface area contributed by atoms with Gasteiger partial charge in [0.15, 0.2) is 0 Å². The number of carboxylic acid groups (broad SMARTS) is 1. The van der Waals surface area contributed by atoms with Gasteiger partial charge in [0, 0.05) is 12.4 Å². The van der Waals surface area contributed by atoms with Crippen molar-refractivity contribution in [2.75, 3.05) is 7.11 Å². The lowest BCUT2D eigenvalue weighted by Gasteiger charge is -2.02. The molecule has 0 fully saturated rings. The fraction of sp³-hybridized carbons (Fsp3) is 0.286. The van der Waals surface area contributed by atoms with Gasteiger partial charge in [-0.05, 0) is 0 Å². The highest BCUT2D eigenvalue weighted by Gasteiger charge is 2.06. The van der Waals surface area contributed by atoms with Crippen molar-refractivity contribution in [1.29, 1.82) is 0 Å². The van der Waals surface area contributed by atoms with E-state index in [0.29, 0.717) is 0 Å². The fourth-order valence-corrected chi connectivity index (χ4v) is 0.838. The predicted octanol–water partition coefficient (Wildman–Crippen LogP) is -0.663. The topological polar surface area (TPSA) is 81.4 Å². The Morgan fingerprint density at radius 2 is 2.46 bits per heavy atom. The van der Waals surface area contributed by atoms with Crippen LogP contribution >= 0.6 is 0 Å². The molecular formula is C7H8N2O4. The van der Waals surface area contributed by atoms with Gasteiger partial charge in [0.2, 0.25) is 0 Å². The second-order valence-electron chi connectivity index (χ2n) is 2.26. The molecule has 0 bridgehead atoms.